The molecule has 2 aliphatic rings. The molecule has 2 rings (SSSR count). The molecule has 0 spiro atoms. The van der Waals surface area contributed by atoms with Crippen LogP contribution in [-0.4, -0.2) is 5.11 Å². The van der Waals surface area contributed by atoms with Crippen LogP contribution in [0.25, 0.3) is 0 Å². The van der Waals surface area contributed by atoms with Crippen LogP contribution in [0.15, 0.2) is 36.5 Å². The van der Waals surface area contributed by atoms with Crippen LogP contribution in [0.2, 0.25) is 0 Å². The van der Waals surface area contributed by atoms with Crippen molar-refractivity contribution in [1.82, 2.24) is 0 Å². The molecule has 0 aromatic carbocycles. The fraction of sp³-hybridized carbons (Fsp3) is 0.357. The van der Waals surface area contributed by atoms with Gasteiger partial charge in [-0.15, -0.1) is 12.8 Å². The average Bonchev–Trinajstić information content (AvgIpc) is 3.01. The third kappa shape index (κ3) is 23.3. The smallest absolute Gasteiger partial charge is 0.569 e. The first-order valence-electron chi connectivity index (χ1n) is 5.16. The maximum atomic E-state index is 6.75. The summed E-state index contributed by atoms with van der Waals surface area (Å²) >= 11 is 0. The molecular weight excluding hydrogens is 240 g/mol. The summed E-state index contributed by atoms with van der Waals surface area (Å²) in [6.07, 6.45) is 21.3. The molecule has 91 valence electrons. The van der Waals surface area contributed by atoms with Crippen LogP contribution in [0.4, 0.5) is 0 Å². The first-order chi connectivity index (χ1) is 7.41. The second-order valence-corrected chi connectivity index (χ2v) is 2.71. The molecule has 0 atom stereocenters. The SMILES string of the molecule is CCC.[C-]1=CC=CC1.[C-]1=CC=CC1.[CH2-]O.[Fe+3]. The molecule has 0 aromatic heterocycles. The van der Waals surface area contributed by atoms with Crippen molar-refractivity contribution in [2.75, 3.05) is 0 Å². The minimum atomic E-state index is 0. The van der Waals surface area contributed by atoms with Crippen molar-refractivity contribution in [3.8, 4) is 0 Å². The fourth-order valence-electron chi connectivity index (χ4n) is 0.680. The van der Waals surface area contributed by atoms with Gasteiger partial charge in [0.1, 0.15) is 0 Å². The molecule has 0 saturated heterocycles. The van der Waals surface area contributed by atoms with E-state index in [1.807, 2.05) is 24.3 Å². The van der Waals surface area contributed by atoms with Gasteiger partial charge in [0.2, 0.25) is 0 Å². The largest absolute Gasteiger partial charge is 3.00 e. The Morgan fingerprint density at radius 1 is 1.00 bits per heavy atom. The third-order valence-corrected chi connectivity index (χ3v) is 1.17. The Balaban J connectivity index is -0.000000147. The van der Waals surface area contributed by atoms with Gasteiger partial charge < -0.3 is 5.11 Å². The van der Waals surface area contributed by atoms with Crippen LogP contribution in [0.3, 0.4) is 0 Å². The first kappa shape index (κ1) is 20.8. The molecule has 0 fully saturated rings. The Bertz CT molecular complexity index is 161. The van der Waals surface area contributed by atoms with E-state index in [1.54, 1.807) is 0 Å². The predicted octanol–water partition coefficient (Wildman–Crippen LogP) is 4.18. The summed E-state index contributed by atoms with van der Waals surface area (Å²) in [5.41, 5.74) is 0. The van der Waals surface area contributed by atoms with Crippen molar-refractivity contribution >= 4 is 0 Å². The van der Waals surface area contributed by atoms with E-state index >= 15 is 0 Å². The van der Waals surface area contributed by atoms with Crippen molar-refractivity contribution in [1.29, 1.82) is 0 Å². The normalized spacial score (nSPS) is 12.5. The summed E-state index contributed by atoms with van der Waals surface area (Å²) in [5.74, 6) is 0. The van der Waals surface area contributed by atoms with Gasteiger partial charge >= 0.3 is 17.1 Å². The molecule has 0 bridgehead atoms. The number of aliphatic hydroxyl groups excluding tert-OH is 1. The van der Waals surface area contributed by atoms with Crippen LogP contribution in [0.5, 0.6) is 0 Å². The van der Waals surface area contributed by atoms with Gasteiger partial charge in [-0.05, 0) is 0 Å². The van der Waals surface area contributed by atoms with E-state index in [9.17, 15) is 0 Å². The molecule has 1 N–H and O–H groups in total. The van der Waals surface area contributed by atoms with Gasteiger partial charge in [0.25, 0.3) is 0 Å². The minimum absolute atomic E-state index is 0. The summed E-state index contributed by atoms with van der Waals surface area (Å²) in [6, 6.07) is 0. The van der Waals surface area contributed by atoms with Crippen molar-refractivity contribution in [3.63, 3.8) is 0 Å². The molecule has 16 heavy (non-hydrogen) atoms. The number of hydrogen-bond donors (Lipinski definition) is 1. The van der Waals surface area contributed by atoms with E-state index in [1.165, 1.54) is 6.42 Å². The maximum Gasteiger partial charge on any atom is 3.00 e. The van der Waals surface area contributed by atoms with Gasteiger partial charge in [0, 0.05) is 0 Å². The monoisotopic (exact) mass is 261 g/mol. The Morgan fingerprint density at radius 3 is 1.38 bits per heavy atom. The van der Waals surface area contributed by atoms with E-state index in [0.717, 1.165) is 12.8 Å². The Morgan fingerprint density at radius 2 is 1.31 bits per heavy atom. The van der Waals surface area contributed by atoms with Crippen LogP contribution in [-0.2, 0) is 17.1 Å². The van der Waals surface area contributed by atoms with Gasteiger partial charge in [0.05, 0.1) is 0 Å². The molecule has 2 aliphatic carbocycles. The zero-order valence-corrected chi connectivity index (χ0v) is 11.2. The van der Waals surface area contributed by atoms with Crippen molar-refractivity contribution < 1.29 is 22.2 Å². The van der Waals surface area contributed by atoms with Crippen LogP contribution in [0, 0.1) is 19.3 Å². The van der Waals surface area contributed by atoms with Crippen molar-refractivity contribution in [3.05, 3.63) is 55.7 Å². The van der Waals surface area contributed by atoms with Gasteiger partial charge in [-0.3, -0.25) is 12.2 Å². The molecular formula is C14H21FeO. The Hall–Kier alpha value is -0.561. The van der Waals surface area contributed by atoms with E-state index in [2.05, 4.69) is 45.3 Å². The van der Waals surface area contributed by atoms with Crippen LogP contribution >= 0.6 is 0 Å². The molecule has 0 aromatic rings. The summed E-state index contributed by atoms with van der Waals surface area (Å²) in [5, 5.41) is 6.75. The molecule has 1 radical (unpaired) electrons. The van der Waals surface area contributed by atoms with E-state index < -0.39 is 0 Å². The summed E-state index contributed by atoms with van der Waals surface area (Å²) in [4.78, 5) is 0. The number of hydrogen-bond acceptors (Lipinski definition) is 1. The Kier molecular flexibility index (Phi) is 31.1. The van der Waals surface area contributed by atoms with Crippen LogP contribution < -0.4 is 0 Å². The second kappa shape index (κ2) is 23.9. The fourth-order valence-corrected chi connectivity index (χ4v) is 0.680. The molecule has 1 nitrogen and oxygen atoms in total. The summed E-state index contributed by atoms with van der Waals surface area (Å²) < 4.78 is 0. The summed E-state index contributed by atoms with van der Waals surface area (Å²) in [7, 11) is 2.25. The zero-order chi connectivity index (χ0) is 11.8. The van der Waals surface area contributed by atoms with E-state index in [-0.39, 0.29) is 17.1 Å². The standard InChI is InChI=1S/2C5H5.C3H8.CH3O.Fe/c2*1-2-4-5-3-1;1-3-2;1-2;/h2*1-3H,4H2;3H2,1-2H3;2H,1H2;/q2*-1;;-1;+3. The van der Waals surface area contributed by atoms with Gasteiger partial charge in [0.15, 0.2) is 0 Å². The molecule has 0 amide bonds. The van der Waals surface area contributed by atoms with E-state index in [4.69, 9.17) is 5.11 Å². The molecule has 0 unspecified atom stereocenters. The zero-order valence-electron chi connectivity index (χ0n) is 10.1. The third-order valence-electron chi connectivity index (χ3n) is 1.17. The molecule has 0 aliphatic heterocycles. The molecule has 0 heterocycles. The van der Waals surface area contributed by atoms with Crippen LogP contribution in [0.1, 0.15) is 33.1 Å². The second-order valence-electron chi connectivity index (χ2n) is 2.71. The predicted molar refractivity (Wildman–Crippen MR) is 66.4 cm³/mol. The number of allylic oxidation sites excluding steroid dienone is 8. The number of rotatable bonds is 0. The first-order valence-corrected chi connectivity index (χ1v) is 5.16. The van der Waals surface area contributed by atoms with Crippen molar-refractivity contribution in [2.45, 2.75) is 33.1 Å². The maximum absolute atomic E-state index is 6.75. The number of aliphatic hydroxyl groups is 1. The van der Waals surface area contributed by atoms with E-state index in [0.29, 0.717) is 0 Å². The van der Waals surface area contributed by atoms with Crippen molar-refractivity contribution in [2.24, 2.45) is 0 Å². The van der Waals surface area contributed by atoms with Gasteiger partial charge in [-0.25, -0.2) is 31.4 Å². The average molecular weight is 261 g/mol. The quantitative estimate of drug-likeness (QED) is 0.512. The molecule has 2 heteroatoms. The van der Waals surface area contributed by atoms with Gasteiger partial charge in [-0.2, -0.15) is 12.2 Å². The minimum Gasteiger partial charge on any atom is -0.569 e. The summed E-state index contributed by atoms with van der Waals surface area (Å²) in [6.45, 7) is 4.25. The Labute approximate surface area is 111 Å². The topological polar surface area (TPSA) is 20.2 Å². The molecule has 0 saturated carbocycles. The van der Waals surface area contributed by atoms with Gasteiger partial charge in [-0.1, -0.05) is 20.3 Å².